The monoisotopic (exact) mass is 279 g/mol. The molecule has 1 aromatic rings. The Balaban J connectivity index is 1.88. The number of carbonyl (C=O) groups is 2. The lowest BCUT2D eigenvalue weighted by molar-refractivity contribution is -0.157. The standard InChI is InChI=1S/C15H18FNO3/c1-10(20-15(19)11-6-2-3-7-11)14(18)17-13-9-5-4-8-12(13)16/h4-5,8-11H,2-3,6-7H2,1H3,(H,17,18)/t10-/m0/s1. The molecule has 1 aliphatic carbocycles. The molecule has 0 unspecified atom stereocenters. The first-order valence-electron chi connectivity index (χ1n) is 6.84. The topological polar surface area (TPSA) is 55.4 Å². The molecule has 20 heavy (non-hydrogen) atoms. The van der Waals surface area contributed by atoms with E-state index >= 15 is 0 Å². The van der Waals surface area contributed by atoms with Gasteiger partial charge in [0.25, 0.3) is 5.91 Å². The van der Waals surface area contributed by atoms with Crippen LogP contribution in [0, 0.1) is 11.7 Å². The number of ether oxygens (including phenoxy) is 1. The number of esters is 1. The summed E-state index contributed by atoms with van der Waals surface area (Å²) >= 11 is 0. The molecule has 1 amide bonds. The third kappa shape index (κ3) is 3.56. The first-order chi connectivity index (χ1) is 9.58. The SMILES string of the molecule is C[C@H](OC(=O)C1CCCC1)C(=O)Nc1ccccc1F. The summed E-state index contributed by atoms with van der Waals surface area (Å²) in [5.74, 6) is -1.48. The highest BCUT2D eigenvalue weighted by Gasteiger charge is 2.27. The Morgan fingerprint density at radius 3 is 2.60 bits per heavy atom. The van der Waals surface area contributed by atoms with Gasteiger partial charge in [-0.25, -0.2) is 4.39 Å². The van der Waals surface area contributed by atoms with Gasteiger partial charge in [0.05, 0.1) is 11.6 Å². The van der Waals surface area contributed by atoms with Crippen LogP contribution in [-0.2, 0) is 14.3 Å². The van der Waals surface area contributed by atoms with E-state index in [9.17, 15) is 14.0 Å². The molecule has 0 aliphatic heterocycles. The van der Waals surface area contributed by atoms with Crippen LogP contribution in [0.5, 0.6) is 0 Å². The molecule has 0 bridgehead atoms. The zero-order chi connectivity index (χ0) is 14.5. The van der Waals surface area contributed by atoms with Crippen molar-refractivity contribution in [3.05, 3.63) is 30.1 Å². The highest BCUT2D eigenvalue weighted by molar-refractivity contribution is 5.95. The summed E-state index contributed by atoms with van der Waals surface area (Å²) in [7, 11) is 0. The van der Waals surface area contributed by atoms with Crippen molar-refractivity contribution in [1.82, 2.24) is 0 Å². The fourth-order valence-electron chi connectivity index (χ4n) is 2.28. The van der Waals surface area contributed by atoms with E-state index in [-0.39, 0.29) is 17.6 Å². The van der Waals surface area contributed by atoms with Crippen LogP contribution in [0.15, 0.2) is 24.3 Å². The summed E-state index contributed by atoms with van der Waals surface area (Å²) in [6.07, 6.45) is 2.76. The average molecular weight is 279 g/mol. The Hall–Kier alpha value is -1.91. The molecule has 0 spiro atoms. The second kappa shape index (κ2) is 6.50. The second-order valence-corrected chi connectivity index (χ2v) is 5.03. The number of carbonyl (C=O) groups excluding carboxylic acids is 2. The Morgan fingerprint density at radius 2 is 1.95 bits per heavy atom. The average Bonchev–Trinajstić information content (AvgIpc) is 2.95. The van der Waals surface area contributed by atoms with Gasteiger partial charge in [-0.05, 0) is 31.9 Å². The fourth-order valence-corrected chi connectivity index (χ4v) is 2.28. The molecule has 1 saturated carbocycles. The smallest absolute Gasteiger partial charge is 0.309 e. The Kier molecular flexibility index (Phi) is 4.71. The molecule has 108 valence electrons. The quantitative estimate of drug-likeness (QED) is 0.862. The summed E-state index contributed by atoms with van der Waals surface area (Å²) in [6, 6.07) is 5.87. The van der Waals surface area contributed by atoms with Crippen LogP contribution >= 0.6 is 0 Å². The molecular formula is C15H18FNO3. The zero-order valence-corrected chi connectivity index (χ0v) is 11.4. The van der Waals surface area contributed by atoms with Crippen LogP contribution in [0.1, 0.15) is 32.6 Å². The molecular weight excluding hydrogens is 261 g/mol. The van der Waals surface area contributed by atoms with E-state index in [1.807, 2.05) is 0 Å². The largest absolute Gasteiger partial charge is 0.452 e. The van der Waals surface area contributed by atoms with Gasteiger partial charge in [-0.3, -0.25) is 9.59 Å². The number of benzene rings is 1. The summed E-state index contributed by atoms with van der Waals surface area (Å²) in [6.45, 7) is 1.49. The van der Waals surface area contributed by atoms with Crippen LogP contribution in [0.2, 0.25) is 0 Å². The van der Waals surface area contributed by atoms with Crippen LogP contribution in [0.25, 0.3) is 0 Å². The summed E-state index contributed by atoms with van der Waals surface area (Å²) in [5.41, 5.74) is 0.0845. The molecule has 1 atom stereocenters. The molecule has 1 aromatic carbocycles. The lowest BCUT2D eigenvalue weighted by atomic mass is 10.1. The van der Waals surface area contributed by atoms with Crippen LogP contribution in [0.3, 0.4) is 0 Å². The van der Waals surface area contributed by atoms with E-state index in [1.54, 1.807) is 6.07 Å². The van der Waals surface area contributed by atoms with E-state index in [2.05, 4.69) is 5.32 Å². The first kappa shape index (κ1) is 14.5. The van der Waals surface area contributed by atoms with Gasteiger partial charge in [-0.2, -0.15) is 0 Å². The predicted molar refractivity (Wildman–Crippen MR) is 72.5 cm³/mol. The number of hydrogen-bond acceptors (Lipinski definition) is 3. The van der Waals surface area contributed by atoms with E-state index in [4.69, 9.17) is 4.74 Å². The van der Waals surface area contributed by atoms with Gasteiger partial charge in [-0.15, -0.1) is 0 Å². The Labute approximate surface area is 117 Å². The lowest BCUT2D eigenvalue weighted by Crippen LogP contribution is -2.32. The molecule has 0 saturated heterocycles. The maximum atomic E-state index is 13.4. The fraction of sp³-hybridized carbons (Fsp3) is 0.467. The van der Waals surface area contributed by atoms with Crippen molar-refractivity contribution in [2.75, 3.05) is 5.32 Å². The van der Waals surface area contributed by atoms with Gasteiger partial charge in [0.2, 0.25) is 0 Å². The predicted octanol–water partition coefficient (Wildman–Crippen LogP) is 2.89. The summed E-state index contributed by atoms with van der Waals surface area (Å²) < 4.78 is 18.5. The van der Waals surface area contributed by atoms with Gasteiger partial charge in [0.1, 0.15) is 5.82 Å². The lowest BCUT2D eigenvalue weighted by Gasteiger charge is -2.16. The third-order valence-electron chi connectivity index (χ3n) is 3.48. The molecule has 0 radical (unpaired) electrons. The van der Waals surface area contributed by atoms with Gasteiger partial charge < -0.3 is 10.1 Å². The van der Waals surface area contributed by atoms with Gasteiger partial charge in [0, 0.05) is 0 Å². The number of hydrogen-bond donors (Lipinski definition) is 1. The van der Waals surface area contributed by atoms with Gasteiger partial charge in [0.15, 0.2) is 6.10 Å². The van der Waals surface area contributed by atoms with Crippen LogP contribution in [-0.4, -0.2) is 18.0 Å². The molecule has 1 N–H and O–H groups in total. The highest BCUT2D eigenvalue weighted by atomic mass is 19.1. The van der Waals surface area contributed by atoms with Crippen molar-refractivity contribution in [3.8, 4) is 0 Å². The number of nitrogens with one attached hydrogen (secondary N) is 1. The number of rotatable bonds is 4. The van der Waals surface area contributed by atoms with Crippen molar-refractivity contribution in [3.63, 3.8) is 0 Å². The molecule has 1 fully saturated rings. The van der Waals surface area contributed by atoms with Crippen LogP contribution < -0.4 is 5.32 Å². The van der Waals surface area contributed by atoms with Gasteiger partial charge in [-0.1, -0.05) is 25.0 Å². The number of halogens is 1. The highest BCUT2D eigenvalue weighted by Crippen LogP contribution is 2.26. The molecule has 4 nitrogen and oxygen atoms in total. The second-order valence-electron chi connectivity index (χ2n) is 5.03. The summed E-state index contributed by atoms with van der Waals surface area (Å²) in [4.78, 5) is 23.7. The maximum absolute atomic E-state index is 13.4. The molecule has 2 rings (SSSR count). The Bertz CT molecular complexity index is 498. The van der Waals surface area contributed by atoms with E-state index in [0.29, 0.717) is 0 Å². The zero-order valence-electron chi connectivity index (χ0n) is 11.4. The number of para-hydroxylation sites is 1. The van der Waals surface area contributed by atoms with Gasteiger partial charge >= 0.3 is 5.97 Å². The van der Waals surface area contributed by atoms with Crippen LogP contribution in [0.4, 0.5) is 10.1 Å². The molecule has 5 heteroatoms. The number of amides is 1. The Morgan fingerprint density at radius 1 is 1.30 bits per heavy atom. The third-order valence-corrected chi connectivity index (χ3v) is 3.48. The minimum atomic E-state index is -0.928. The van der Waals surface area contributed by atoms with Crippen molar-refractivity contribution in [2.45, 2.75) is 38.7 Å². The van der Waals surface area contributed by atoms with E-state index in [0.717, 1.165) is 25.7 Å². The molecule has 1 aliphatic rings. The van der Waals surface area contributed by atoms with Crippen molar-refractivity contribution < 1.29 is 18.7 Å². The number of anilines is 1. The van der Waals surface area contributed by atoms with Crippen molar-refractivity contribution in [2.24, 2.45) is 5.92 Å². The van der Waals surface area contributed by atoms with Crippen molar-refractivity contribution >= 4 is 17.6 Å². The molecule has 0 aromatic heterocycles. The maximum Gasteiger partial charge on any atom is 0.309 e. The van der Waals surface area contributed by atoms with E-state index in [1.165, 1.54) is 25.1 Å². The molecule has 0 heterocycles. The minimum absolute atomic E-state index is 0.0845. The first-order valence-corrected chi connectivity index (χ1v) is 6.84. The van der Waals surface area contributed by atoms with E-state index < -0.39 is 17.8 Å². The summed E-state index contributed by atoms with van der Waals surface area (Å²) in [5, 5.41) is 2.41. The normalized spacial score (nSPS) is 16.7. The minimum Gasteiger partial charge on any atom is -0.452 e. The van der Waals surface area contributed by atoms with Crippen molar-refractivity contribution in [1.29, 1.82) is 0 Å².